The summed E-state index contributed by atoms with van der Waals surface area (Å²) in [4.78, 5) is 4.39. The van der Waals surface area contributed by atoms with Gasteiger partial charge in [0.15, 0.2) is 5.96 Å². The molecule has 7 heteroatoms. The van der Waals surface area contributed by atoms with Crippen molar-refractivity contribution < 1.29 is 9.50 Å². The number of nitrogens with one attached hydrogen (secondary N) is 2. The van der Waals surface area contributed by atoms with Crippen LogP contribution in [0, 0.1) is 5.82 Å². The number of halogens is 3. The van der Waals surface area contributed by atoms with Crippen LogP contribution >= 0.6 is 35.6 Å². The van der Waals surface area contributed by atoms with Gasteiger partial charge in [-0.3, -0.25) is 4.99 Å². The van der Waals surface area contributed by atoms with Crippen LogP contribution in [0.2, 0.25) is 5.02 Å². The van der Waals surface area contributed by atoms with Gasteiger partial charge in [0.25, 0.3) is 0 Å². The zero-order valence-electron chi connectivity index (χ0n) is 14.6. The standard InChI is InChI=1S/C19H23ClFN3O.HI/c1-2-22-19(23-11-10-14-4-3-5-16(20)12-14)24-13-18(25)15-6-8-17(21)9-7-15;/h3-9,12,18,25H,2,10-11,13H2,1H3,(H2,22,23,24);1H. The molecule has 0 fully saturated rings. The Kier molecular flexibility index (Phi) is 10.5. The fourth-order valence-electron chi connectivity index (χ4n) is 2.33. The maximum Gasteiger partial charge on any atom is 0.191 e. The molecule has 0 saturated carbocycles. The van der Waals surface area contributed by atoms with Gasteiger partial charge in [-0.1, -0.05) is 35.9 Å². The van der Waals surface area contributed by atoms with Crippen LogP contribution in [0.25, 0.3) is 0 Å². The third-order valence-electron chi connectivity index (χ3n) is 3.62. The van der Waals surface area contributed by atoms with Crippen LogP contribution in [0.3, 0.4) is 0 Å². The molecule has 0 aliphatic rings. The Balaban J connectivity index is 0.00000338. The molecule has 0 aliphatic heterocycles. The maximum atomic E-state index is 12.9. The molecule has 2 rings (SSSR count). The molecule has 0 spiro atoms. The highest BCUT2D eigenvalue weighted by molar-refractivity contribution is 14.0. The van der Waals surface area contributed by atoms with Gasteiger partial charge in [0.1, 0.15) is 5.82 Å². The summed E-state index contributed by atoms with van der Waals surface area (Å²) in [6.07, 6.45) is 0.0369. The van der Waals surface area contributed by atoms with Crippen molar-refractivity contribution in [3.8, 4) is 0 Å². The summed E-state index contributed by atoms with van der Waals surface area (Å²) in [5.41, 5.74) is 1.78. The molecule has 142 valence electrons. The first-order valence-electron chi connectivity index (χ1n) is 8.28. The van der Waals surface area contributed by atoms with Crippen LogP contribution in [0.4, 0.5) is 4.39 Å². The summed E-state index contributed by atoms with van der Waals surface area (Å²) in [5, 5.41) is 17.3. The first-order valence-corrected chi connectivity index (χ1v) is 8.66. The number of aliphatic imine (C=N–C) groups is 1. The smallest absolute Gasteiger partial charge is 0.191 e. The van der Waals surface area contributed by atoms with Crippen LogP contribution in [0.5, 0.6) is 0 Å². The van der Waals surface area contributed by atoms with Gasteiger partial charge in [-0.05, 0) is 48.7 Å². The summed E-state index contributed by atoms with van der Waals surface area (Å²) in [7, 11) is 0. The van der Waals surface area contributed by atoms with E-state index >= 15 is 0 Å². The van der Waals surface area contributed by atoms with Gasteiger partial charge >= 0.3 is 0 Å². The van der Waals surface area contributed by atoms with Gasteiger partial charge in [-0.15, -0.1) is 24.0 Å². The second-order valence-electron chi connectivity index (χ2n) is 5.59. The fraction of sp³-hybridized carbons (Fsp3) is 0.316. The van der Waals surface area contributed by atoms with Gasteiger partial charge in [-0.2, -0.15) is 0 Å². The molecule has 0 aromatic heterocycles. The van der Waals surface area contributed by atoms with E-state index in [1.807, 2.05) is 31.2 Å². The quantitative estimate of drug-likeness (QED) is 0.313. The molecule has 2 aromatic carbocycles. The molecule has 0 amide bonds. The minimum Gasteiger partial charge on any atom is -0.386 e. The number of nitrogens with zero attached hydrogens (tertiary/aromatic N) is 1. The highest BCUT2D eigenvalue weighted by atomic mass is 127. The van der Waals surface area contributed by atoms with E-state index in [0.717, 1.165) is 23.6 Å². The molecular weight excluding hydrogens is 468 g/mol. The highest BCUT2D eigenvalue weighted by Crippen LogP contribution is 2.13. The van der Waals surface area contributed by atoms with Crippen molar-refractivity contribution >= 4 is 41.5 Å². The predicted octanol–water partition coefficient (Wildman–Crippen LogP) is 3.93. The number of hydrogen-bond donors (Lipinski definition) is 3. The summed E-state index contributed by atoms with van der Waals surface area (Å²) in [5.74, 6) is 0.307. The first kappa shape index (κ1) is 22.7. The van der Waals surface area contributed by atoms with Crippen LogP contribution in [0.15, 0.2) is 53.5 Å². The first-order chi connectivity index (χ1) is 12.1. The molecule has 1 atom stereocenters. The molecule has 26 heavy (non-hydrogen) atoms. The molecule has 0 bridgehead atoms. The second kappa shape index (κ2) is 12.1. The minimum absolute atomic E-state index is 0. The lowest BCUT2D eigenvalue weighted by Gasteiger charge is -2.13. The molecule has 4 nitrogen and oxygen atoms in total. The molecule has 0 saturated heterocycles. The largest absolute Gasteiger partial charge is 0.386 e. The van der Waals surface area contributed by atoms with E-state index in [-0.39, 0.29) is 36.3 Å². The van der Waals surface area contributed by atoms with Gasteiger partial charge in [0.2, 0.25) is 0 Å². The number of rotatable bonds is 7. The SMILES string of the molecule is CCNC(=NCC(O)c1ccc(F)cc1)NCCc1cccc(Cl)c1.I. The third kappa shape index (κ3) is 7.88. The highest BCUT2D eigenvalue weighted by Gasteiger charge is 2.07. The Morgan fingerprint density at radius 3 is 2.58 bits per heavy atom. The Bertz CT molecular complexity index is 697. The van der Waals surface area contributed by atoms with E-state index in [9.17, 15) is 9.50 Å². The molecule has 0 heterocycles. The lowest BCUT2D eigenvalue weighted by Crippen LogP contribution is -2.38. The Hall–Kier alpha value is -1.38. The van der Waals surface area contributed by atoms with Crippen molar-refractivity contribution in [3.63, 3.8) is 0 Å². The zero-order valence-corrected chi connectivity index (χ0v) is 17.7. The van der Waals surface area contributed by atoms with E-state index in [1.165, 1.54) is 12.1 Å². The summed E-state index contributed by atoms with van der Waals surface area (Å²) in [6, 6.07) is 13.5. The fourth-order valence-corrected chi connectivity index (χ4v) is 2.54. The topological polar surface area (TPSA) is 56.7 Å². The number of hydrogen-bond acceptors (Lipinski definition) is 2. The van der Waals surface area contributed by atoms with E-state index in [4.69, 9.17) is 11.6 Å². The summed E-state index contributed by atoms with van der Waals surface area (Å²) >= 11 is 5.98. The van der Waals surface area contributed by atoms with Crippen molar-refractivity contribution in [2.45, 2.75) is 19.4 Å². The minimum atomic E-state index is -0.774. The van der Waals surface area contributed by atoms with Crippen LogP contribution in [0.1, 0.15) is 24.2 Å². The normalized spacial score (nSPS) is 12.2. The van der Waals surface area contributed by atoms with Crippen LogP contribution in [-0.4, -0.2) is 30.7 Å². The third-order valence-corrected chi connectivity index (χ3v) is 3.85. The molecule has 2 aromatic rings. The predicted molar refractivity (Wildman–Crippen MR) is 116 cm³/mol. The number of aliphatic hydroxyl groups is 1. The zero-order chi connectivity index (χ0) is 18.1. The molecule has 0 aliphatic carbocycles. The van der Waals surface area contributed by atoms with Crippen LogP contribution in [-0.2, 0) is 6.42 Å². The number of aliphatic hydroxyl groups excluding tert-OH is 1. The lowest BCUT2D eigenvalue weighted by atomic mass is 10.1. The van der Waals surface area contributed by atoms with Crippen molar-refractivity contribution in [2.24, 2.45) is 4.99 Å². The number of benzene rings is 2. The maximum absolute atomic E-state index is 12.9. The summed E-state index contributed by atoms with van der Waals surface area (Å²) in [6.45, 7) is 3.58. The Morgan fingerprint density at radius 2 is 1.92 bits per heavy atom. The average Bonchev–Trinajstić information content (AvgIpc) is 2.60. The monoisotopic (exact) mass is 491 g/mol. The van der Waals surface area contributed by atoms with Gasteiger partial charge in [0.05, 0.1) is 12.6 Å². The van der Waals surface area contributed by atoms with Crippen molar-refractivity contribution in [2.75, 3.05) is 19.6 Å². The Labute approximate surface area is 175 Å². The second-order valence-corrected chi connectivity index (χ2v) is 6.03. The van der Waals surface area contributed by atoms with Gasteiger partial charge in [-0.25, -0.2) is 4.39 Å². The molecule has 0 radical (unpaired) electrons. The van der Waals surface area contributed by atoms with E-state index in [0.29, 0.717) is 18.1 Å². The van der Waals surface area contributed by atoms with Gasteiger partial charge < -0.3 is 15.7 Å². The molecular formula is C19H24ClFIN3O. The Morgan fingerprint density at radius 1 is 1.19 bits per heavy atom. The van der Waals surface area contributed by atoms with Gasteiger partial charge in [0, 0.05) is 18.1 Å². The van der Waals surface area contributed by atoms with E-state index in [1.54, 1.807) is 12.1 Å². The van der Waals surface area contributed by atoms with Crippen LogP contribution < -0.4 is 10.6 Å². The van der Waals surface area contributed by atoms with E-state index < -0.39 is 6.10 Å². The molecule has 1 unspecified atom stereocenters. The molecule has 3 N–H and O–H groups in total. The van der Waals surface area contributed by atoms with Crippen molar-refractivity contribution in [1.82, 2.24) is 10.6 Å². The summed E-state index contributed by atoms with van der Waals surface area (Å²) < 4.78 is 12.9. The van der Waals surface area contributed by atoms with Crippen molar-refractivity contribution in [3.05, 3.63) is 70.5 Å². The average molecular weight is 492 g/mol. The van der Waals surface area contributed by atoms with Crippen molar-refractivity contribution in [1.29, 1.82) is 0 Å². The van der Waals surface area contributed by atoms with E-state index in [2.05, 4.69) is 15.6 Å². The lowest BCUT2D eigenvalue weighted by molar-refractivity contribution is 0.187. The number of guanidine groups is 1.